The second-order valence-electron chi connectivity index (χ2n) is 4.02. The van der Waals surface area contributed by atoms with E-state index in [-0.39, 0.29) is 11.2 Å². The minimum absolute atomic E-state index is 0.176. The van der Waals surface area contributed by atoms with E-state index in [4.69, 9.17) is 4.74 Å². The van der Waals surface area contributed by atoms with Crippen LogP contribution in [0.3, 0.4) is 0 Å². The first kappa shape index (κ1) is 8.75. The van der Waals surface area contributed by atoms with E-state index in [9.17, 15) is 4.79 Å². The van der Waals surface area contributed by atoms with Crippen LogP contribution in [0.15, 0.2) is 11.8 Å². The van der Waals surface area contributed by atoms with Crippen LogP contribution in [0.25, 0.3) is 0 Å². The molecule has 3 nitrogen and oxygen atoms in total. The van der Waals surface area contributed by atoms with Gasteiger partial charge in [0.2, 0.25) is 5.78 Å². The van der Waals surface area contributed by atoms with Crippen molar-refractivity contribution in [1.29, 1.82) is 0 Å². The molecular formula is C10H15NO2. The molecule has 1 atom stereocenters. The van der Waals surface area contributed by atoms with Crippen molar-refractivity contribution in [2.75, 3.05) is 19.7 Å². The maximum absolute atomic E-state index is 11.9. The predicted octanol–water partition coefficient (Wildman–Crippen LogP) is 0.859. The smallest absolute Gasteiger partial charge is 0.204 e. The van der Waals surface area contributed by atoms with Crippen LogP contribution in [0.2, 0.25) is 0 Å². The largest absolute Gasteiger partial charge is 0.490 e. The normalized spacial score (nSPS) is 32.8. The Morgan fingerprint density at radius 3 is 3.08 bits per heavy atom. The number of allylic oxidation sites excluding steroid dienone is 1. The maximum atomic E-state index is 11.9. The second kappa shape index (κ2) is 3.14. The van der Waals surface area contributed by atoms with E-state index in [1.54, 1.807) is 0 Å². The molecule has 1 N–H and O–H groups in total. The molecule has 0 radical (unpaired) electrons. The van der Waals surface area contributed by atoms with E-state index in [1.807, 2.05) is 13.0 Å². The zero-order valence-corrected chi connectivity index (χ0v) is 7.93. The summed E-state index contributed by atoms with van der Waals surface area (Å²) >= 11 is 0. The van der Waals surface area contributed by atoms with Crippen molar-refractivity contribution < 1.29 is 9.53 Å². The number of carbonyl (C=O) groups excluding carboxylic acids is 1. The van der Waals surface area contributed by atoms with Gasteiger partial charge in [-0.25, -0.2) is 0 Å². The first-order chi connectivity index (χ1) is 6.22. The van der Waals surface area contributed by atoms with E-state index in [0.717, 1.165) is 25.9 Å². The van der Waals surface area contributed by atoms with E-state index >= 15 is 0 Å². The summed E-state index contributed by atoms with van der Waals surface area (Å²) in [6.07, 6.45) is 3.71. The number of ether oxygens (including phenoxy) is 1. The number of carbonyl (C=O) groups is 1. The summed E-state index contributed by atoms with van der Waals surface area (Å²) in [5.74, 6) is 0.765. The van der Waals surface area contributed by atoms with Crippen molar-refractivity contribution in [1.82, 2.24) is 5.32 Å². The second-order valence-corrected chi connectivity index (χ2v) is 4.02. The Kier molecular flexibility index (Phi) is 2.12. The molecule has 2 aliphatic rings. The first-order valence-electron chi connectivity index (χ1n) is 4.81. The molecule has 0 saturated carbocycles. The Morgan fingerprint density at radius 2 is 2.54 bits per heavy atom. The zero-order chi connectivity index (χ0) is 9.31. The molecule has 0 aromatic rings. The van der Waals surface area contributed by atoms with Gasteiger partial charge in [0, 0.05) is 18.4 Å². The third kappa shape index (κ3) is 1.48. The topological polar surface area (TPSA) is 38.3 Å². The number of nitrogens with one attached hydrogen (secondary N) is 1. The highest BCUT2D eigenvalue weighted by atomic mass is 16.5. The van der Waals surface area contributed by atoms with Crippen LogP contribution in [-0.2, 0) is 9.53 Å². The lowest BCUT2D eigenvalue weighted by Gasteiger charge is -2.20. The molecule has 13 heavy (non-hydrogen) atoms. The van der Waals surface area contributed by atoms with E-state index in [2.05, 4.69) is 5.32 Å². The summed E-state index contributed by atoms with van der Waals surface area (Å²) in [5, 5.41) is 3.21. The van der Waals surface area contributed by atoms with Crippen molar-refractivity contribution in [2.24, 2.45) is 5.41 Å². The van der Waals surface area contributed by atoms with E-state index < -0.39 is 0 Å². The predicted molar refractivity (Wildman–Crippen MR) is 49.3 cm³/mol. The molecule has 0 aliphatic carbocycles. The van der Waals surface area contributed by atoms with Gasteiger partial charge in [-0.3, -0.25) is 4.79 Å². The fourth-order valence-corrected chi connectivity index (χ4v) is 1.88. The Hall–Kier alpha value is -0.830. The summed E-state index contributed by atoms with van der Waals surface area (Å²) in [5.41, 5.74) is -0.226. The van der Waals surface area contributed by atoms with E-state index in [1.165, 1.54) is 0 Å². The van der Waals surface area contributed by atoms with Crippen molar-refractivity contribution in [3.63, 3.8) is 0 Å². The van der Waals surface area contributed by atoms with Gasteiger partial charge in [-0.15, -0.1) is 0 Å². The lowest BCUT2D eigenvalue weighted by atomic mass is 9.84. The number of rotatable bonds is 2. The number of hydrogen-bond donors (Lipinski definition) is 1. The molecule has 1 unspecified atom stereocenters. The van der Waals surface area contributed by atoms with Gasteiger partial charge in [0.1, 0.15) is 0 Å². The molecule has 1 saturated heterocycles. The number of Topliss-reactive ketones (excluding diaryl/α,β-unsaturated/α-hetero) is 1. The summed E-state index contributed by atoms with van der Waals surface area (Å²) in [6.45, 7) is 4.41. The molecule has 0 aromatic carbocycles. The lowest BCUT2D eigenvalue weighted by molar-refractivity contribution is -0.126. The highest BCUT2D eigenvalue weighted by Crippen LogP contribution is 2.30. The molecular weight excluding hydrogens is 166 g/mol. The molecule has 0 bridgehead atoms. The SMILES string of the molecule is CC1(C(=O)C2=CCCO2)CCNC1. The van der Waals surface area contributed by atoms with Crippen molar-refractivity contribution >= 4 is 5.78 Å². The van der Waals surface area contributed by atoms with Gasteiger partial charge >= 0.3 is 0 Å². The molecule has 72 valence electrons. The molecule has 2 aliphatic heterocycles. The Balaban J connectivity index is 2.11. The minimum atomic E-state index is -0.226. The molecule has 2 heterocycles. The van der Waals surface area contributed by atoms with Crippen LogP contribution in [0, 0.1) is 5.41 Å². The monoisotopic (exact) mass is 181 g/mol. The molecule has 1 fully saturated rings. The van der Waals surface area contributed by atoms with Crippen LogP contribution in [0.5, 0.6) is 0 Å². The fraction of sp³-hybridized carbons (Fsp3) is 0.700. The summed E-state index contributed by atoms with van der Waals surface area (Å²) in [4.78, 5) is 11.9. The van der Waals surface area contributed by atoms with Gasteiger partial charge in [-0.1, -0.05) is 6.92 Å². The zero-order valence-electron chi connectivity index (χ0n) is 7.93. The molecule has 3 heteroatoms. The standard InChI is InChI=1S/C10H15NO2/c1-10(4-5-11-7-10)9(12)8-3-2-6-13-8/h3,11H,2,4-7H2,1H3. The Morgan fingerprint density at radius 1 is 1.69 bits per heavy atom. The fourth-order valence-electron chi connectivity index (χ4n) is 1.88. The van der Waals surface area contributed by atoms with Crippen molar-refractivity contribution in [3.8, 4) is 0 Å². The van der Waals surface area contributed by atoms with Crippen LogP contribution in [0.4, 0.5) is 0 Å². The average molecular weight is 181 g/mol. The number of ketones is 1. The van der Waals surface area contributed by atoms with Gasteiger partial charge in [0.25, 0.3) is 0 Å². The molecule has 0 aromatic heterocycles. The quantitative estimate of drug-likeness (QED) is 0.686. The van der Waals surface area contributed by atoms with Crippen molar-refractivity contribution in [3.05, 3.63) is 11.8 Å². The van der Waals surface area contributed by atoms with Gasteiger partial charge in [0.05, 0.1) is 6.61 Å². The van der Waals surface area contributed by atoms with Gasteiger partial charge in [-0.2, -0.15) is 0 Å². The van der Waals surface area contributed by atoms with Crippen LogP contribution >= 0.6 is 0 Å². The minimum Gasteiger partial charge on any atom is -0.490 e. The van der Waals surface area contributed by atoms with Crippen molar-refractivity contribution in [2.45, 2.75) is 19.8 Å². The van der Waals surface area contributed by atoms with Gasteiger partial charge in [-0.05, 0) is 19.0 Å². The third-order valence-electron chi connectivity index (χ3n) is 2.85. The van der Waals surface area contributed by atoms with Gasteiger partial charge in [0.15, 0.2) is 5.76 Å². The average Bonchev–Trinajstić information content (AvgIpc) is 2.73. The highest BCUT2D eigenvalue weighted by molar-refractivity contribution is 5.98. The molecule has 0 spiro atoms. The summed E-state index contributed by atoms with van der Waals surface area (Å²) in [7, 11) is 0. The van der Waals surface area contributed by atoms with Crippen LogP contribution in [0.1, 0.15) is 19.8 Å². The Bertz CT molecular complexity index is 252. The number of hydrogen-bond acceptors (Lipinski definition) is 3. The van der Waals surface area contributed by atoms with Crippen LogP contribution in [-0.4, -0.2) is 25.5 Å². The summed E-state index contributed by atoms with van der Waals surface area (Å²) in [6, 6.07) is 0. The van der Waals surface area contributed by atoms with Crippen LogP contribution < -0.4 is 5.32 Å². The third-order valence-corrected chi connectivity index (χ3v) is 2.85. The highest BCUT2D eigenvalue weighted by Gasteiger charge is 2.39. The van der Waals surface area contributed by atoms with Gasteiger partial charge < -0.3 is 10.1 Å². The summed E-state index contributed by atoms with van der Waals surface area (Å²) < 4.78 is 5.28. The molecule has 2 rings (SSSR count). The lowest BCUT2D eigenvalue weighted by Crippen LogP contribution is -2.31. The Labute approximate surface area is 78.1 Å². The molecule has 0 amide bonds. The maximum Gasteiger partial charge on any atom is 0.204 e. The van der Waals surface area contributed by atoms with E-state index in [0.29, 0.717) is 12.4 Å². The first-order valence-corrected chi connectivity index (χ1v) is 4.81.